The second-order valence-electron chi connectivity index (χ2n) is 5.60. The maximum Gasteiger partial charge on any atom is 0.123 e. The van der Waals surface area contributed by atoms with Gasteiger partial charge in [0.2, 0.25) is 0 Å². The van der Waals surface area contributed by atoms with E-state index in [-0.39, 0.29) is 5.82 Å². The van der Waals surface area contributed by atoms with Crippen molar-refractivity contribution >= 4 is 5.69 Å². The predicted octanol–water partition coefficient (Wildman–Crippen LogP) is 3.50. The van der Waals surface area contributed by atoms with E-state index in [1.807, 2.05) is 13.1 Å². The minimum atomic E-state index is -0.167. The van der Waals surface area contributed by atoms with Crippen molar-refractivity contribution in [3.05, 3.63) is 65.0 Å². The van der Waals surface area contributed by atoms with E-state index in [4.69, 9.17) is 0 Å². The third-order valence-corrected chi connectivity index (χ3v) is 4.10. The van der Waals surface area contributed by atoms with E-state index in [0.717, 1.165) is 37.2 Å². The van der Waals surface area contributed by atoms with Crippen LogP contribution < -0.4 is 10.2 Å². The van der Waals surface area contributed by atoms with Crippen LogP contribution in [0, 0.1) is 5.82 Å². The Morgan fingerprint density at radius 3 is 2.76 bits per heavy atom. The molecule has 0 spiro atoms. The summed E-state index contributed by atoms with van der Waals surface area (Å²) >= 11 is 0. The average molecular weight is 284 g/mol. The van der Waals surface area contributed by atoms with Gasteiger partial charge in [-0.15, -0.1) is 0 Å². The highest BCUT2D eigenvalue weighted by molar-refractivity contribution is 5.55. The van der Waals surface area contributed by atoms with E-state index in [1.54, 1.807) is 12.1 Å². The fourth-order valence-electron chi connectivity index (χ4n) is 3.10. The van der Waals surface area contributed by atoms with Gasteiger partial charge in [-0.3, -0.25) is 0 Å². The van der Waals surface area contributed by atoms with Gasteiger partial charge >= 0.3 is 0 Å². The highest BCUT2D eigenvalue weighted by Crippen LogP contribution is 2.27. The number of fused-ring (bicyclic) bond motifs is 1. The first-order valence-electron chi connectivity index (χ1n) is 7.52. The maximum absolute atomic E-state index is 13.5. The number of anilines is 1. The summed E-state index contributed by atoms with van der Waals surface area (Å²) in [5, 5.41) is 3.13. The molecule has 0 amide bonds. The monoisotopic (exact) mass is 284 g/mol. The molecule has 0 unspecified atom stereocenters. The smallest absolute Gasteiger partial charge is 0.123 e. The van der Waals surface area contributed by atoms with Crippen LogP contribution in [0.1, 0.15) is 23.1 Å². The van der Waals surface area contributed by atoms with E-state index in [0.29, 0.717) is 6.54 Å². The number of rotatable bonds is 3. The number of halogens is 1. The molecule has 0 fully saturated rings. The number of nitrogens with zero attached hydrogens (tertiary/aromatic N) is 1. The lowest BCUT2D eigenvalue weighted by Crippen LogP contribution is -2.24. The molecule has 1 N–H and O–H groups in total. The normalized spacial score (nSPS) is 14.7. The first-order chi connectivity index (χ1) is 10.3. The Bertz CT molecular complexity index is 624. The summed E-state index contributed by atoms with van der Waals surface area (Å²) in [4.78, 5) is 2.37. The summed E-state index contributed by atoms with van der Waals surface area (Å²) < 4.78 is 13.5. The summed E-state index contributed by atoms with van der Waals surface area (Å²) in [5.74, 6) is -0.167. The molecule has 0 bridgehead atoms. The zero-order valence-corrected chi connectivity index (χ0v) is 12.4. The Morgan fingerprint density at radius 1 is 1.14 bits per heavy atom. The number of hydrogen-bond donors (Lipinski definition) is 1. The third-order valence-electron chi connectivity index (χ3n) is 4.10. The van der Waals surface area contributed by atoms with Crippen LogP contribution in [0.25, 0.3) is 0 Å². The first kappa shape index (κ1) is 14.1. The summed E-state index contributed by atoms with van der Waals surface area (Å²) in [6, 6.07) is 13.7. The Balaban J connectivity index is 1.94. The van der Waals surface area contributed by atoms with Crippen LogP contribution in [0.2, 0.25) is 0 Å². The molecule has 0 aromatic heterocycles. The molecule has 0 saturated carbocycles. The van der Waals surface area contributed by atoms with Gasteiger partial charge in [0.25, 0.3) is 0 Å². The lowest BCUT2D eigenvalue weighted by molar-refractivity contribution is 0.622. The lowest BCUT2D eigenvalue weighted by atomic mass is 10.0. The molecular formula is C18H21FN2. The Hall–Kier alpha value is -1.87. The van der Waals surface area contributed by atoms with Crippen LogP contribution in [-0.2, 0) is 19.5 Å². The predicted molar refractivity (Wildman–Crippen MR) is 85.0 cm³/mol. The van der Waals surface area contributed by atoms with Crippen molar-refractivity contribution in [1.29, 1.82) is 0 Å². The van der Waals surface area contributed by atoms with Crippen LogP contribution in [0.4, 0.5) is 10.1 Å². The van der Waals surface area contributed by atoms with E-state index in [2.05, 4.69) is 34.5 Å². The van der Waals surface area contributed by atoms with Crippen LogP contribution in [0.5, 0.6) is 0 Å². The van der Waals surface area contributed by atoms with Gasteiger partial charge in [0.15, 0.2) is 0 Å². The number of nitrogens with one attached hydrogen (secondary N) is 1. The zero-order chi connectivity index (χ0) is 14.7. The van der Waals surface area contributed by atoms with Crippen LogP contribution in [0.3, 0.4) is 0 Å². The molecular weight excluding hydrogens is 263 g/mol. The molecule has 2 aromatic carbocycles. The lowest BCUT2D eigenvalue weighted by Gasteiger charge is -2.26. The Labute approximate surface area is 125 Å². The van der Waals surface area contributed by atoms with Crippen LogP contribution in [0.15, 0.2) is 42.5 Å². The van der Waals surface area contributed by atoms with Crippen molar-refractivity contribution in [2.75, 3.05) is 18.5 Å². The number of benzene rings is 2. The highest BCUT2D eigenvalue weighted by Gasteiger charge is 2.17. The summed E-state index contributed by atoms with van der Waals surface area (Å²) in [7, 11) is 1.90. The third kappa shape index (κ3) is 3.08. The molecule has 0 atom stereocenters. The molecule has 3 rings (SSSR count). The molecule has 21 heavy (non-hydrogen) atoms. The molecule has 2 aromatic rings. The number of aryl methyl sites for hydroxylation is 1. The van der Waals surface area contributed by atoms with E-state index in [1.165, 1.54) is 11.1 Å². The topological polar surface area (TPSA) is 15.3 Å². The van der Waals surface area contributed by atoms with Gasteiger partial charge < -0.3 is 10.2 Å². The van der Waals surface area contributed by atoms with Gasteiger partial charge in [-0.05, 0) is 54.8 Å². The fraction of sp³-hybridized carbons (Fsp3) is 0.333. The zero-order valence-electron chi connectivity index (χ0n) is 12.4. The van der Waals surface area contributed by atoms with Crippen molar-refractivity contribution in [3.8, 4) is 0 Å². The molecule has 3 heteroatoms. The van der Waals surface area contributed by atoms with Crippen LogP contribution >= 0.6 is 0 Å². The van der Waals surface area contributed by atoms with Gasteiger partial charge in [-0.2, -0.15) is 0 Å². The Kier molecular flexibility index (Phi) is 4.20. The van der Waals surface area contributed by atoms with Gasteiger partial charge in [0.05, 0.1) is 0 Å². The molecule has 2 nitrogen and oxygen atoms in total. The largest absolute Gasteiger partial charge is 0.367 e. The standard InChI is InChI=1S/C18H21FN2/c1-20-12-16-11-17(19)8-9-18(16)21-10-4-7-14-5-2-3-6-15(14)13-21/h2-3,5-6,8-9,11,20H,4,7,10,12-13H2,1H3. The van der Waals surface area contributed by atoms with Crippen molar-refractivity contribution in [2.24, 2.45) is 0 Å². The Morgan fingerprint density at radius 2 is 1.95 bits per heavy atom. The summed E-state index contributed by atoms with van der Waals surface area (Å²) in [6.45, 7) is 2.60. The minimum Gasteiger partial charge on any atom is -0.367 e. The van der Waals surface area contributed by atoms with Gasteiger partial charge in [0.1, 0.15) is 5.82 Å². The van der Waals surface area contributed by atoms with E-state index < -0.39 is 0 Å². The molecule has 1 aliphatic rings. The second-order valence-corrected chi connectivity index (χ2v) is 5.60. The van der Waals surface area contributed by atoms with Crippen molar-refractivity contribution in [3.63, 3.8) is 0 Å². The van der Waals surface area contributed by atoms with Crippen molar-refractivity contribution in [2.45, 2.75) is 25.9 Å². The quantitative estimate of drug-likeness (QED) is 0.928. The number of hydrogen-bond acceptors (Lipinski definition) is 2. The van der Waals surface area contributed by atoms with Crippen LogP contribution in [-0.4, -0.2) is 13.6 Å². The molecule has 0 aliphatic carbocycles. The minimum absolute atomic E-state index is 0.167. The van der Waals surface area contributed by atoms with E-state index in [9.17, 15) is 4.39 Å². The van der Waals surface area contributed by atoms with Gasteiger partial charge in [-0.1, -0.05) is 24.3 Å². The SMILES string of the molecule is CNCc1cc(F)ccc1N1CCCc2ccccc2C1. The highest BCUT2D eigenvalue weighted by atomic mass is 19.1. The maximum atomic E-state index is 13.5. The molecule has 1 aliphatic heterocycles. The van der Waals surface area contributed by atoms with Gasteiger partial charge in [0, 0.05) is 25.3 Å². The van der Waals surface area contributed by atoms with Crippen molar-refractivity contribution in [1.82, 2.24) is 5.32 Å². The second kappa shape index (κ2) is 6.27. The van der Waals surface area contributed by atoms with Gasteiger partial charge in [-0.25, -0.2) is 4.39 Å². The summed E-state index contributed by atoms with van der Waals surface area (Å²) in [5.41, 5.74) is 4.99. The molecule has 110 valence electrons. The molecule has 0 radical (unpaired) electrons. The summed E-state index contributed by atoms with van der Waals surface area (Å²) in [6.07, 6.45) is 2.25. The van der Waals surface area contributed by atoms with Crippen molar-refractivity contribution < 1.29 is 4.39 Å². The molecule has 1 heterocycles. The average Bonchev–Trinajstić information content (AvgIpc) is 2.70. The van der Waals surface area contributed by atoms with E-state index >= 15 is 0 Å². The first-order valence-corrected chi connectivity index (χ1v) is 7.52. The molecule has 0 saturated heterocycles. The fourth-order valence-corrected chi connectivity index (χ4v) is 3.10.